The lowest BCUT2D eigenvalue weighted by Gasteiger charge is -2.06. The average Bonchev–Trinajstić information content (AvgIpc) is 2.93. The average molecular weight is 352 g/mol. The van der Waals surface area contributed by atoms with Crippen molar-refractivity contribution < 1.29 is 19.1 Å². The Hall–Kier alpha value is -3.33. The minimum Gasteiger partial charge on any atom is -0.497 e. The van der Waals surface area contributed by atoms with Crippen LogP contribution in [0.1, 0.15) is 44.6 Å². The molecule has 0 amide bonds. The number of hydrogen-bond donors (Lipinski definition) is 1. The zero-order valence-electron chi connectivity index (χ0n) is 15.2. The van der Waals surface area contributed by atoms with Gasteiger partial charge in [-0.1, -0.05) is 12.1 Å². The predicted octanol–water partition coefficient (Wildman–Crippen LogP) is 3.61. The lowest BCUT2D eigenvalue weighted by Crippen LogP contribution is -2.13. The number of nitrogens with zero attached hydrogens (tertiary/aromatic N) is 1. The van der Waals surface area contributed by atoms with Gasteiger partial charge in [0.1, 0.15) is 17.4 Å². The van der Waals surface area contributed by atoms with E-state index in [1.165, 1.54) is 13.2 Å². The van der Waals surface area contributed by atoms with E-state index in [1.807, 2.05) is 6.07 Å². The second-order valence-corrected chi connectivity index (χ2v) is 5.62. The minimum atomic E-state index is -0.587. The maximum atomic E-state index is 12.9. The summed E-state index contributed by atoms with van der Waals surface area (Å²) in [6.07, 6.45) is 1.47. The second kappa shape index (κ2) is 8.17. The van der Waals surface area contributed by atoms with Crippen molar-refractivity contribution in [1.29, 1.82) is 5.26 Å². The summed E-state index contributed by atoms with van der Waals surface area (Å²) in [5.74, 6) is -0.499. The highest BCUT2D eigenvalue weighted by molar-refractivity contribution is 6.19. The van der Waals surface area contributed by atoms with Crippen LogP contribution in [-0.2, 0) is 4.74 Å². The molecule has 0 atom stereocenters. The van der Waals surface area contributed by atoms with Crippen LogP contribution >= 0.6 is 0 Å². The van der Waals surface area contributed by atoms with Crippen LogP contribution in [0.2, 0.25) is 0 Å². The molecule has 2 rings (SSSR count). The van der Waals surface area contributed by atoms with Crippen LogP contribution in [-0.4, -0.2) is 30.5 Å². The number of aromatic amines is 1. The molecule has 2 aromatic rings. The Bertz CT molecular complexity index is 916. The van der Waals surface area contributed by atoms with Gasteiger partial charge in [-0.3, -0.25) is 4.79 Å². The quantitative estimate of drug-likeness (QED) is 0.371. The number of H-pyrrole nitrogens is 1. The molecule has 6 heteroatoms. The van der Waals surface area contributed by atoms with Gasteiger partial charge in [0, 0.05) is 11.4 Å². The topological polar surface area (TPSA) is 92.2 Å². The van der Waals surface area contributed by atoms with E-state index >= 15 is 0 Å². The standard InChI is InChI=1S/C20H20N2O4/c1-5-26-20(24)18-13(3)22-12(2)17(18)19(23)15(11-21)9-14-7-6-8-16(10-14)25-4/h6-10,22H,5H2,1-4H3/b15-9+. The second-order valence-electron chi connectivity index (χ2n) is 5.62. The number of carbonyl (C=O) groups is 2. The number of ether oxygens (including phenoxy) is 2. The lowest BCUT2D eigenvalue weighted by atomic mass is 9.98. The number of carbonyl (C=O) groups excluding carboxylic acids is 2. The van der Waals surface area contributed by atoms with Crippen molar-refractivity contribution in [2.75, 3.05) is 13.7 Å². The van der Waals surface area contributed by atoms with Gasteiger partial charge in [-0.15, -0.1) is 0 Å². The number of nitriles is 1. The van der Waals surface area contributed by atoms with Gasteiger partial charge >= 0.3 is 5.97 Å². The van der Waals surface area contributed by atoms with E-state index < -0.39 is 11.8 Å². The fourth-order valence-electron chi connectivity index (χ4n) is 2.70. The molecule has 0 aliphatic rings. The number of nitrogens with one attached hydrogen (secondary N) is 1. The monoisotopic (exact) mass is 352 g/mol. The fraction of sp³-hybridized carbons (Fsp3) is 0.250. The first kappa shape index (κ1) is 19.0. The zero-order valence-corrected chi connectivity index (χ0v) is 15.2. The third kappa shape index (κ3) is 3.83. The van der Waals surface area contributed by atoms with E-state index in [-0.39, 0.29) is 23.3 Å². The van der Waals surface area contributed by atoms with Crippen molar-refractivity contribution in [3.05, 3.63) is 57.9 Å². The first-order chi connectivity index (χ1) is 12.4. The van der Waals surface area contributed by atoms with Crippen LogP contribution in [0.15, 0.2) is 29.8 Å². The Morgan fingerprint density at radius 1 is 1.23 bits per heavy atom. The summed E-state index contributed by atoms with van der Waals surface area (Å²) in [5.41, 5.74) is 1.95. The molecule has 6 nitrogen and oxygen atoms in total. The van der Waals surface area contributed by atoms with Crippen LogP contribution < -0.4 is 4.74 Å². The molecule has 1 N–H and O–H groups in total. The first-order valence-corrected chi connectivity index (χ1v) is 8.09. The Morgan fingerprint density at radius 3 is 2.54 bits per heavy atom. The summed E-state index contributed by atoms with van der Waals surface area (Å²) in [4.78, 5) is 28.2. The van der Waals surface area contributed by atoms with E-state index in [0.717, 1.165) is 0 Å². The number of allylic oxidation sites excluding steroid dienone is 1. The number of aryl methyl sites for hydroxylation is 2. The van der Waals surface area contributed by atoms with E-state index in [9.17, 15) is 14.9 Å². The summed E-state index contributed by atoms with van der Waals surface area (Å²) in [5, 5.41) is 9.48. The number of Topliss-reactive ketones (excluding diaryl/α,β-unsaturated/α-hetero) is 1. The van der Waals surface area contributed by atoms with Gasteiger partial charge in [0.05, 0.1) is 24.8 Å². The van der Waals surface area contributed by atoms with Crippen molar-refractivity contribution in [3.63, 3.8) is 0 Å². The number of rotatable bonds is 6. The molecule has 0 aliphatic carbocycles. The van der Waals surface area contributed by atoms with Crippen LogP contribution in [0, 0.1) is 25.2 Å². The summed E-state index contributed by atoms with van der Waals surface area (Å²) in [6, 6.07) is 8.93. The Kier molecular flexibility index (Phi) is 5.97. The number of esters is 1. The Labute approximate surface area is 152 Å². The highest BCUT2D eigenvalue weighted by Gasteiger charge is 2.27. The van der Waals surface area contributed by atoms with E-state index in [4.69, 9.17) is 9.47 Å². The van der Waals surface area contributed by atoms with Crippen molar-refractivity contribution in [3.8, 4) is 11.8 Å². The number of aromatic nitrogens is 1. The number of methoxy groups -OCH3 is 1. The fourth-order valence-corrected chi connectivity index (χ4v) is 2.70. The summed E-state index contributed by atoms with van der Waals surface area (Å²) < 4.78 is 10.2. The molecule has 0 saturated carbocycles. The molecule has 0 fully saturated rings. The summed E-state index contributed by atoms with van der Waals surface area (Å²) in [7, 11) is 1.54. The smallest absolute Gasteiger partial charge is 0.340 e. The largest absolute Gasteiger partial charge is 0.497 e. The number of ketones is 1. The van der Waals surface area contributed by atoms with E-state index in [2.05, 4.69) is 4.98 Å². The van der Waals surface area contributed by atoms with Gasteiger partial charge < -0.3 is 14.5 Å². The van der Waals surface area contributed by atoms with Crippen LogP contribution in [0.25, 0.3) is 6.08 Å². The zero-order chi connectivity index (χ0) is 19.3. The van der Waals surface area contributed by atoms with Crippen molar-refractivity contribution in [2.24, 2.45) is 0 Å². The first-order valence-electron chi connectivity index (χ1n) is 8.09. The predicted molar refractivity (Wildman–Crippen MR) is 97.1 cm³/mol. The van der Waals surface area contributed by atoms with E-state index in [0.29, 0.717) is 22.7 Å². The molecule has 1 heterocycles. The molecule has 26 heavy (non-hydrogen) atoms. The Balaban J connectivity index is 2.51. The van der Waals surface area contributed by atoms with Crippen molar-refractivity contribution in [2.45, 2.75) is 20.8 Å². The molecule has 0 aliphatic heterocycles. The third-order valence-electron chi connectivity index (χ3n) is 3.85. The molecule has 1 aromatic carbocycles. The third-order valence-corrected chi connectivity index (χ3v) is 3.85. The van der Waals surface area contributed by atoms with Gasteiger partial charge in [0.25, 0.3) is 0 Å². The van der Waals surface area contributed by atoms with E-state index in [1.54, 1.807) is 45.0 Å². The molecular formula is C20H20N2O4. The molecule has 0 spiro atoms. The van der Waals surface area contributed by atoms with Gasteiger partial charge in [0.2, 0.25) is 5.78 Å². The molecule has 1 aromatic heterocycles. The molecule has 0 radical (unpaired) electrons. The molecular weight excluding hydrogens is 332 g/mol. The highest BCUT2D eigenvalue weighted by Crippen LogP contribution is 2.24. The summed E-state index contributed by atoms with van der Waals surface area (Å²) in [6.45, 7) is 5.26. The number of hydrogen-bond acceptors (Lipinski definition) is 5. The SMILES string of the molecule is CCOC(=O)c1c(C)[nH]c(C)c1C(=O)/C(C#N)=C/c1cccc(OC)c1. The number of benzene rings is 1. The van der Waals surface area contributed by atoms with Gasteiger partial charge in [0.15, 0.2) is 0 Å². The molecule has 0 unspecified atom stereocenters. The maximum absolute atomic E-state index is 12.9. The molecule has 0 saturated heterocycles. The maximum Gasteiger partial charge on any atom is 0.340 e. The lowest BCUT2D eigenvalue weighted by molar-refractivity contribution is 0.0523. The molecule has 0 bridgehead atoms. The van der Waals surface area contributed by atoms with Crippen LogP contribution in [0.5, 0.6) is 5.75 Å². The highest BCUT2D eigenvalue weighted by atomic mass is 16.5. The summed E-state index contributed by atoms with van der Waals surface area (Å²) >= 11 is 0. The van der Waals surface area contributed by atoms with Gasteiger partial charge in [-0.2, -0.15) is 5.26 Å². The van der Waals surface area contributed by atoms with Gasteiger partial charge in [-0.25, -0.2) is 4.79 Å². The van der Waals surface area contributed by atoms with Crippen LogP contribution in [0.3, 0.4) is 0 Å². The van der Waals surface area contributed by atoms with Crippen molar-refractivity contribution in [1.82, 2.24) is 4.98 Å². The molecule has 134 valence electrons. The Morgan fingerprint density at radius 2 is 1.92 bits per heavy atom. The van der Waals surface area contributed by atoms with Crippen LogP contribution in [0.4, 0.5) is 0 Å². The van der Waals surface area contributed by atoms with Crippen molar-refractivity contribution >= 4 is 17.8 Å². The normalized spacial score (nSPS) is 11.0. The minimum absolute atomic E-state index is 0.0779. The van der Waals surface area contributed by atoms with Gasteiger partial charge in [-0.05, 0) is 44.5 Å².